The predicted molar refractivity (Wildman–Crippen MR) is 86.3 cm³/mol. The SMILES string of the molecule is [C-]#[N+]/C(=C\C(=O)O)c1ccc(-c2ccc(N(C)C)cc2)s1. The summed E-state index contributed by atoms with van der Waals surface area (Å²) in [7, 11) is 3.97. The molecule has 1 aromatic carbocycles. The Morgan fingerprint density at radius 1 is 1.24 bits per heavy atom. The van der Waals surface area contributed by atoms with Gasteiger partial charge in [-0.05, 0) is 23.8 Å². The van der Waals surface area contributed by atoms with Gasteiger partial charge in [0.25, 0.3) is 0 Å². The Balaban J connectivity index is 2.32. The molecule has 0 spiro atoms. The van der Waals surface area contributed by atoms with Gasteiger partial charge in [-0.2, -0.15) is 0 Å². The normalized spacial score (nSPS) is 11.0. The van der Waals surface area contributed by atoms with Gasteiger partial charge in [0.05, 0.1) is 6.57 Å². The second-order valence-electron chi connectivity index (χ2n) is 4.58. The summed E-state index contributed by atoms with van der Waals surface area (Å²) in [5.74, 6) is -1.11. The maximum atomic E-state index is 10.7. The van der Waals surface area contributed by atoms with E-state index in [2.05, 4.69) is 4.85 Å². The Morgan fingerprint density at radius 2 is 1.90 bits per heavy atom. The molecule has 21 heavy (non-hydrogen) atoms. The van der Waals surface area contributed by atoms with Crippen LogP contribution in [0.1, 0.15) is 4.88 Å². The number of carbonyl (C=O) groups is 1. The fourth-order valence-electron chi connectivity index (χ4n) is 1.83. The molecule has 2 rings (SSSR count). The van der Waals surface area contributed by atoms with Crippen LogP contribution in [0.15, 0.2) is 42.5 Å². The van der Waals surface area contributed by atoms with Crippen LogP contribution < -0.4 is 4.90 Å². The van der Waals surface area contributed by atoms with Gasteiger partial charge in [0.1, 0.15) is 0 Å². The van der Waals surface area contributed by atoms with Crippen LogP contribution in [-0.4, -0.2) is 25.2 Å². The molecule has 1 aromatic heterocycles. The van der Waals surface area contributed by atoms with Gasteiger partial charge in [0.2, 0.25) is 5.70 Å². The minimum atomic E-state index is -1.11. The zero-order valence-corrected chi connectivity index (χ0v) is 12.5. The van der Waals surface area contributed by atoms with E-state index in [9.17, 15) is 4.79 Å². The molecule has 0 fully saturated rings. The summed E-state index contributed by atoms with van der Waals surface area (Å²) >= 11 is 1.42. The Bertz CT molecular complexity index is 721. The van der Waals surface area contributed by atoms with Crippen molar-refractivity contribution in [2.45, 2.75) is 0 Å². The Kier molecular flexibility index (Phi) is 4.41. The summed E-state index contributed by atoms with van der Waals surface area (Å²) in [6, 6.07) is 11.8. The van der Waals surface area contributed by atoms with Gasteiger partial charge in [-0.1, -0.05) is 18.2 Å². The first kappa shape index (κ1) is 14.8. The molecule has 0 aliphatic rings. The monoisotopic (exact) mass is 298 g/mol. The second kappa shape index (κ2) is 6.25. The number of nitrogens with zero attached hydrogens (tertiary/aromatic N) is 2. The van der Waals surface area contributed by atoms with Crippen molar-refractivity contribution < 1.29 is 9.90 Å². The summed E-state index contributed by atoms with van der Waals surface area (Å²) in [4.78, 5) is 17.7. The summed E-state index contributed by atoms with van der Waals surface area (Å²) in [5, 5.41) is 8.76. The first-order chi connectivity index (χ1) is 10.0. The van der Waals surface area contributed by atoms with Crippen molar-refractivity contribution in [3.05, 3.63) is 58.8 Å². The van der Waals surface area contributed by atoms with Gasteiger partial charge in [-0.25, -0.2) is 9.64 Å². The number of benzene rings is 1. The molecular weight excluding hydrogens is 284 g/mol. The molecule has 2 aromatic rings. The lowest BCUT2D eigenvalue weighted by Gasteiger charge is -2.12. The van der Waals surface area contributed by atoms with E-state index in [-0.39, 0.29) is 5.70 Å². The molecule has 0 aliphatic carbocycles. The molecule has 0 bridgehead atoms. The summed E-state index contributed by atoms with van der Waals surface area (Å²) in [5.41, 5.74) is 2.32. The molecule has 4 nitrogen and oxygen atoms in total. The third-order valence-electron chi connectivity index (χ3n) is 2.91. The first-order valence-electron chi connectivity index (χ1n) is 6.21. The minimum absolute atomic E-state index is 0.156. The summed E-state index contributed by atoms with van der Waals surface area (Å²) < 4.78 is 0. The van der Waals surface area contributed by atoms with E-state index in [4.69, 9.17) is 11.7 Å². The summed E-state index contributed by atoms with van der Waals surface area (Å²) in [6.45, 7) is 7.07. The maximum absolute atomic E-state index is 10.7. The van der Waals surface area contributed by atoms with Crippen LogP contribution in [0.4, 0.5) is 5.69 Å². The molecular formula is C16H14N2O2S. The topological polar surface area (TPSA) is 44.9 Å². The van der Waals surface area contributed by atoms with Crippen LogP contribution in [-0.2, 0) is 4.79 Å². The van der Waals surface area contributed by atoms with E-state index in [1.54, 1.807) is 6.07 Å². The van der Waals surface area contributed by atoms with Gasteiger partial charge in [0.15, 0.2) is 0 Å². The quantitative estimate of drug-likeness (QED) is 0.689. The Hall–Kier alpha value is -2.58. The summed E-state index contributed by atoms with van der Waals surface area (Å²) in [6.07, 6.45) is 0.942. The van der Waals surface area contributed by atoms with Gasteiger partial charge >= 0.3 is 5.97 Å². The van der Waals surface area contributed by atoms with Gasteiger partial charge in [-0.15, -0.1) is 11.3 Å². The standard InChI is InChI=1S/C16H14N2O2S/c1-17-13(10-16(19)20)15-9-8-14(21-15)11-4-6-12(7-5-11)18(2)3/h4-10H,2-3H3,(H,19,20)/b13-10-. The van der Waals surface area contributed by atoms with Gasteiger partial charge in [0, 0.05) is 35.6 Å². The first-order valence-corrected chi connectivity index (χ1v) is 7.03. The molecule has 0 saturated carbocycles. The lowest BCUT2D eigenvalue weighted by atomic mass is 10.1. The highest BCUT2D eigenvalue weighted by Crippen LogP contribution is 2.33. The van der Waals surface area contributed by atoms with E-state index in [0.29, 0.717) is 4.88 Å². The number of anilines is 1. The average molecular weight is 298 g/mol. The molecule has 0 unspecified atom stereocenters. The lowest BCUT2D eigenvalue weighted by Crippen LogP contribution is -2.07. The largest absolute Gasteiger partial charge is 0.479 e. The number of aliphatic carboxylic acids is 1. The number of rotatable bonds is 4. The fraction of sp³-hybridized carbons (Fsp3) is 0.125. The number of hydrogen-bond acceptors (Lipinski definition) is 3. The fourth-order valence-corrected chi connectivity index (χ4v) is 2.80. The second-order valence-corrected chi connectivity index (χ2v) is 5.67. The third kappa shape index (κ3) is 3.50. The molecule has 1 N–H and O–H groups in total. The van der Waals surface area contributed by atoms with Crippen LogP contribution in [0.3, 0.4) is 0 Å². The molecule has 0 amide bonds. The van der Waals surface area contributed by atoms with Crippen molar-refractivity contribution in [1.82, 2.24) is 0 Å². The van der Waals surface area contributed by atoms with Crippen molar-refractivity contribution in [2.24, 2.45) is 0 Å². The molecule has 0 aliphatic heterocycles. The predicted octanol–water partition coefficient (Wildman–Crippen LogP) is 3.83. The van der Waals surface area contributed by atoms with E-state index in [0.717, 1.165) is 22.2 Å². The zero-order chi connectivity index (χ0) is 15.4. The van der Waals surface area contributed by atoms with Crippen molar-refractivity contribution in [2.75, 3.05) is 19.0 Å². The van der Waals surface area contributed by atoms with Crippen LogP contribution in [0, 0.1) is 6.57 Å². The van der Waals surface area contributed by atoms with Crippen molar-refractivity contribution in [3.8, 4) is 10.4 Å². The van der Waals surface area contributed by atoms with Crippen LogP contribution in [0.2, 0.25) is 0 Å². The molecule has 1 heterocycles. The van der Waals surface area contributed by atoms with Crippen molar-refractivity contribution in [1.29, 1.82) is 0 Å². The molecule has 0 radical (unpaired) electrons. The number of carboxylic acid groups (broad SMARTS) is 1. The molecule has 0 saturated heterocycles. The average Bonchev–Trinajstić information content (AvgIpc) is 2.94. The highest BCUT2D eigenvalue weighted by Gasteiger charge is 2.09. The number of hydrogen-bond donors (Lipinski definition) is 1. The van der Waals surface area contributed by atoms with E-state index >= 15 is 0 Å². The van der Waals surface area contributed by atoms with Crippen molar-refractivity contribution in [3.63, 3.8) is 0 Å². The van der Waals surface area contributed by atoms with Crippen LogP contribution in [0.5, 0.6) is 0 Å². The zero-order valence-electron chi connectivity index (χ0n) is 11.7. The number of thiophene rings is 1. The Labute approximate surface area is 127 Å². The van der Waals surface area contributed by atoms with E-state index < -0.39 is 5.97 Å². The highest BCUT2D eigenvalue weighted by molar-refractivity contribution is 7.16. The smallest absolute Gasteiger partial charge is 0.317 e. The van der Waals surface area contributed by atoms with Crippen molar-refractivity contribution >= 4 is 28.7 Å². The number of carboxylic acids is 1. The lowest BCUT2D eigenvalue weighted by molar-refractivity contribution is -0.131. The van der Waals surface area contributed by atoms with E-state index in [1.807, 2.05) is 49.3 Å². The molecule has 5 heteroatoms. The van der Waals surface area contributed by atoms with Gasteiger partial charge in [-0.3, -0.25) is 0 Å². The molecule has 106 valence electrons. The van der Waals surface area contributed by atoms with E-state index in [1.165, 1.54) is 11.3 Å². The Morgan fingerprint density at radius 3 is 2.43 bits per heavy atom. The molecule has 0 atom stereocenters. The maximum Gasteiger partial charge on any atom is 0.317 e. The van der Waals surface area contributed by atoms with Crippen LogP contribution >= 0.6 is 11.3 Å². The minimum Gasteiger partial charge on any atom is -0.479 e. The highest BCUT2D eigenvalue weighted by atomic mass is 32.1. The van der Waals surface area contributed by atoms with Crippen LogP contribution in [0.25, 0.3) is 21.0 Å². The van der Waals surface area contributed by atoms with Gasteiger partial charge < -0.3 is 10.0 Å². The third-order valence-corrected chi connectivity index (χ3v) is 4.06.